The van der Waals surface area contributed by atoms with Crippen LogP contribution in [-0.4, -0.2) is 11.2 Å². The topological polar surface area (TPSA) is 20.2 Å². The first kappa shape index (κ1) is 18.9. The molecule has 1 heteroatoms. The Morgan fingerprint density at radius 3 is 2.46 bits per heavy atom. The quantitative estimate of drug-likeness (QED) is 0.571. The molecule has 0 radical (unpaired) electrons. The predicted octanol–water partition coefficient (Wildman–Crippen LogP) is 6.78. The summed E-state index contributed by atoms with van der Waals surface area (Å²) in [5, 5.41) is 11.4. The molecule has 1 aromatic carbocycles. The first-order valence-corrected chi connectivity index (χ1v) is 11.9. The van der Waals surface area contributed by atoms with Crippen LogP contribution in [0, 0.1) is 41.4 Å². The van der Waals surface area contributed by atoms with Crippen LogP contribution in [0.3, 0.4) is 0 Å². The van der Waals surface area contributed by atoms with Gasteiger partial charge in [0.05, 0.1) is 6.10 Å². The van der Waals surface area contributed by atoms with Gasteiger partial charge in [0, 0.05) is 5.41 Å². The van der Waals surface area contributed by atoms with Crippen molar-refractivity contribution in [3.05, 3.63) is 41.0 Å². The molecule has 0 saturated heterocycles. The molecule has 4 saturated carbocycles. The monoisotopic (exact) mass is 378 g/mol. The molecule has 0 unspecified atom stereocenters. The Kier molecular flexibility index (Phi) is 4.54. The fourth-order valence-electron chi connectivity index (χ4n) is 8.17. The van der Waals surface area contributed by atoms with Crippen LogP contribution in [0.5, 0.6) is 0 Å². The molecule has 7 atom stereocenters. The van der Waals surface area contributed by atoms with Crippen molar-refractivity contribution in [2.24, 2.45) is 34.5 Å². The van der Waals surface area contributed by atoms with E-state index in [4.69, 9.17) is 0 Å². The van der Waals surface area contributed by atoms with Gasteiger partial charge in [-0.05, 0) is 92.1 Å². The summed E-state index contributed by atoms with van der Waals surface area (Å²) in [4.78, 5) is 0. The van der Waals surface area contributed by atoms with E-state index in [1.54, 1.807) is 0 Å². The van der Waals surface area contributed by atoms with Gasteiger partial charge in [-0.1, -0.05) is 62.6 Å². The van der Waals surface area contributed by atoms with E-state index in [0.717, 1.165) is 24.2 Å². The van der Waals surface area contributed by atoms with Crippen LogP contribution in [0.25, 0.3) is 6.08 Å². The summed E-state index contributed by atoms with van der Waals surface area (Å²) < 4.78 is 0. The van der Waals surface area contributed by atoms with E-state index >= 15 is 0 Å². The third-order valence-electron chi connectivity index (χ3n) is 9.88. The number of hydrogen-bond donors (Lipinski definition) is 1. The lowest BCUT2D eigenvalue weighted by Crippen LogP contribution is -2.53. The second kappa shape index (κ2) is 6.73. The van der Waals surface area contributed by atoms with Crippen molar-refractivity contribution in [1.29, 1.82) is 0 Å². The summed E-state index contributed by atoms with van der Waals surface area (Å²) in [5.74, 6) is 3.38. The minimum atomic E-state index is -0.253. The van der Waals surface area contributed by atoms with Gasteiger partial charge < -0.3 is 5.11 Å². The van der Waals surface area contributed by atoms with E-state index in [0.29, 0.717) is 11.3 Å². The number of rotatable bonds is 1. The van der Waals surface area contributed by atoms with Crippen molar-refractivity contribution in [2.75, 3.05) is 0 Å². The molecule has 1 N–H and O–H groups in total. The van der Waals surface area contributed by atoms with Crippen LogP contribution in [0.15, 0.2) is 29.8 Å². The zero-order valence-electron chi connectivity index (χ0n) is 18.1. The van der Waals surface area contributed by atoms with Crippen LogP contribution < -0.4 is 0 Å². The van der Waals surface area contributed by atoms with E-state index in [-0.39, 0.29) is 11.5 Å². The van der Waals surface area contributed by atoms with Gasteiger partial charge in [-0.2, -0.15) is 0 Å². The van der Waals surface area contributed by atoms with E-state index in [1.807, 2.05) is 0 Å². The average Bonchev–Trinajstić information content (AvgIpc) is 2.94. The number of aliphatic hydroxyl groups is 1. The minimum absolute atomic E-state index is 0.0928. The molecule has 0 bridgehead atoms. The molecule has 0 heterocycles. The van der Waals surface area contributed by atoms with Crippen molar-refractivity contribution in [1.82, 2.24) is 0 Å². The van der Waals surface area contributed by atoms with Gasteiger partial charge in [-0.3, -0.25) is 0 Å². The maximum absolute atomic E-state index is 11.4. The van der Waals surface area contributed by atoms with Crippen LogP contribution >= 0.6 is 0 Å². The van der Waals surface area contributed by atoms with Crippen LogP contribution in [0.4, 0.5) is 0 Å². The molecular weight excluding hydrogens is 340 g/mol. The molecule has 5 rings (SSSR count). The highest BCUT2D eigenvalue weighted by atomic mass is 16.3. The van der Waals surface area contributed by atoms with E-state index in [9.17, 15) is 5.11 Å². The highest BCUT2D eigenvalue weighted by molar-refractivity contribution is 5.56. The molecule has 28 heavy (non-hydrogen) atoms. The van der Waals surface area contributed by atoms with Crippen molar-refractivity contribution in [3.63, 3.8) is 0 Å². The van der Waals surface area contributed by atoms with Gasteiger partial charge in [0.2, 0.25) is 0 Å². The molecule has 1 aromatic rings. The van der Waals surface area contributed by atoms with Crippen LogP contribution in [0.2, 0.25) is 0 Å². The summed E-state index contributed by atoms with van der Waals surface area (Å²) in [6.45, 7) is 7.19. The summed E-state index contributed by atoms with van der Waals surface area (Å²) >= 11 is 0. The predicted molar refractivity (Wildman–Crippen MR) is 117 cm³/mol. The minimum Gasteiger partial charge on any atom is -0.388 e. The highest BCUT2D eigenvalue weighted by Crippen LogP contribution is 2.67. The molecule has 1 nitrogen and oxygen atoms in total. The third-order valence-corrected chi connectivity index (χ3v) is 9.88. The lowest BCUT2D eigenvalue weighted by atomic mass is 9.45. The van der Waals surface area contributed by atoms with Crippen molar-refractivity contribution >= 4 is 6.08 Å². The van der Waals surface area contributed by atoms with Crippen molar-refractivity contribution in [2.45, 2.75) is 84.7 Å². The summed E-state index contributed by atoms with van der Waals surface area (Å²) in [6.07, 6.45) is 14.4. The second-order valence-electron chi connectivity index (χ2n) is 11.2. The standard InChI is InChI=1S/C27H38O/c1-18-7-9-19(10-8-18)16-20-17-24-22-12-11-21-6-4-5-14-26(21,2)23(22)13-15-27(24,3)25(20)28/h7-10,16,21-25,28H,4-6,11-15,17H2,1-3H3/b20-16+/t21-,22-,23+,24+,25-,26+,27+/m1/s1. The zero-order valence-corrected chi connectivity index (χ0v) is 18.1. The van der Waals surface area contributed by atoms with Crippen LogP contribution in [-0.2, 0) is 0 Å². The van der Waals surface area contributed by atoms with Gasteiger partial charge in [0.15, 0.2) is 0 Å². The molecule has 4 aliphatic carbocycles. The Morgan fingerprint density at radius 2 is 1.68 bits per heavy atom. The zero-order chi connectivity index (χ0) is 19.5. The summed E-state index contributed by atoms with van der Waals surface area (Å²) in [7, 11) is 0. The molecule has 4 aliphatic rings. The molecule has 0 aliphatic heterocycles. The van der Waals surface area contributed by atoms with E-state index < -0.39 is 0 Å². The molecule has 4 fully saturated rings. The molecule has 0 aromatic heterocycles. The Hall–Kier alpha value is -1.08. The van der Waals surface area contributed by atoms with Crippen LogP contribution in [0.1, 0.15) is 82.8 Å². The normalized spacial score (nSPS) is 46.7. The fourth-order valence-corrected chi connectivity index (χ4v) is 8.17. The van der Waals surface area contributed by atoms with Crippen molar-refractivity contribution < 1.29 is 5.11 Å². The summed E-state index contributed by atoms with van der Waals surface area (Å²) in [6, 6.07) is 8.78. The SMILES string of the molecule is Cc1ccc(/C=C2\C[C@H]3[C@@H]4CC[C@H]5CCCC[C@]5(C)[C@H]4CC[C@]3(C)[C@@H]2O)cc1. The number of fused-ring (bicyclic) bond motifs is 5. The lowest BCUT2D eigenvalue weighted by Gasteiger charge is -2.60. The van der Waals surface area contributed by atoms with Gasteiger partial charge in [-0.25, -0.2) is 0 Å². The lowest BCUT2D eigenvalue weighted by molar-refractivity contribution is -0.119. The largest absolute Gasteiger partial charge is 0.388 e. The summed E-state index contributed by atoms with van der Waals surface area (Å²) in [5.41, 5.74) is 4.52. The van der Waals surface area contributed by atoms with E-state index in [2.05, 4.69) is 51.1 Å². The highest BCUT2D eigenvalue weighted by Gasteiger charge is 2.60. The van der Waals surface area contributed by atoms with Gasteiger partial charge in [0.25, 0.3) is 0 Å². The second-order valence-corrected chi connectivity index (χ2v) is 11.2. The fraction of sp³-hybridized carbons (Fsp3) is 0.704. The first-order valence-electron chi connectivity index (χ1n) is 11.9. The molecular formula is C27H38O. The Balaban J connectivity index is 1.45. The van der Waals surface area contributed by atoms with Gasteiger partial charge in [0.1, 0.15) is 0 Å². The van der Waals surface area contributed by atoms with E-state index in [1.165, 1.54) is 68.1 Å². The number of aryl methyl sites for hydroxylation is 1. The maximum Gasteiger partial charge on any atom is 0.0809 e. The number of hydrogen-bond acceptors (Lipinski definition) is 1. The number of aliphatic hydroxyl groups excluding tert-OH is 1. The number of benzene rings is 1. The Labute approximate surface area is 171 Å². The maximum atomic E-state index is 11.4. The third kappa shape index (κ3) is 2.76. The molecule has 152 valence electrons. The Bertz CT molecular complexity index is 761. The van der Waals surface area contributed by atoms with Crippen molar-refractivity contribution in [3.8, 4) is 0 Å². The Morgan fingerprint density at radius 1 is 0.893 bits per heavy atom. The first-order chi connectivity index (χ1) is 13.4. The smallest absolute Gasteiger partial charge is 0.0809 e. The van der Waals surface area contributed by atoms with Gasteiger partial charge >= 0.3 is 0 Å². The molecule has 0 spiro atoms. The molecule has 0 amide bonds. The average molecular weight is 379 g/mol. The van der Waals surface area contributed by atoms with Gasteiger partial charge in [-0.15, -0.1) is 0 Å².